The zero-order valence-electron chi connectivity index (χ0n) is 12.2. The fourth-order valence-corrected chi connectivity index (χ4v) is 1.88. The van der Waals surface area contributed by atoms with Gasteiger partial charge in [0.05, 0.1) is 0 Å². The highest BCUT2D eigenvalue weighted by Gasteiger charge is 2.17. The summed E-state index contributed by atoms with van der Waals surface area (Å²) in [6, 6.07) is 9.44. The first-order valence-corrected chi connectivity index (χ1v) is 6.86. The van der Waals surface area contributed by atoms with Gasteiger partial charge in [-0.2, -0.15) is 0 Å². The summed E-state index contributed by atoms with van der Waals surface area (Å²) in [5.74, 6) is 0.215. The molecule has 20 heavy (non-hydrogen) atoms. The summed E-state index contributed by atoms with van der Waals surface area (Å²) in [5, 5.41) is 4.73. The summed E-state index contributed by atoms with van der Waals surface area (Å²) in [5.41, 5.74) is 6.36. The van der Waals surface area contributed by atoms with Gasteiger partial charge in [-0.25, -0.2) is 4.98 Å². The number of pyridine rings is 1. The summed E-state index contributed by atoms with van der Waals surface area (Å²) in [7, 11) is 0. The van der Waals surface area contributed by atoms with Gasteiger partial charge in [0.15, 0.2) is 0 Å². The Morgan fingerprint density at radius 1 is 1.35 bits per heavy atom. The zero-order chi connectivity index (χ0) is 14.8. The summed E-state index contributed by atoms with van der Waals surface area (Å²) in [6.07, 6.45) is 1.00. The molecule has 0 spiro atoms. The van der Waals surface area contributed by atoms with Crippen molar-refractivity contribution in [2.45, 2.75) is 27.2 Å². The Hall–Kier alpha value is -2.10. The van der Waals surface area contributed by atoms with Gasteiger partial charge < -0.3 is 11.1 Å². The van der Waals surface area contributed by atoms with E-state index in [1.165, 1.54) is 0 Å². The molecule has 4 nitrogen and oxygen atoms in total. The molecular weight excluding hydrogens is 250 g/mol. The second-order valence-electron chi connectivity index (χ2n) is 5.81. The predicted molar refractivity (Wildman–Crippen MR) is 82.6 cm³/mol. The number of hydrogen-bond acceptors (Lipinski definition) is 3. The molecule has 1 aromatic carbocycles. The fourth-order valence-electron chi connectivity index (χ4n) is 1.88. The maximum Gasteiger partial charge on any atom is 0.270 e. The zero-order valence-corrected chi connectivity index (χ0v) is 12.2. The maximum absolute atomic E-state index is 12.2. The normalized spacial score (nSPS) is 11.6. The molecule has 0 bridgehead atoms. The summed E-state index contributed by atoms with van der Waals surface area (Å²) < 4.78 is 0. The molecule has 2 rings (SSSR count). The van der Waals surface area contributed by atoms with Crippen molar-refractivity contribution in [2.24, 2.45) is 5.41 Å². The largest absolute Gasteiger partial charge is 0.383 e. The lowest BCUT2D eigenvalue weighted by atomic mass is 9.90. The van der Waals surface area contributed by atoms with Crippen molar-refractivity contribution in [1.82, 2.24) is 10.3 Å². The van der Waals surface area contributed by atoms with E-state index in [0.717, 1.165) is 17.2 Å². The van der Waals surface area contributed by atoms with Crippen LogP contribution in [0, 0.1) is 5.41 Å². The highest BCUT2D eigenvalue weighted by atomic mass is 16.1. The van der Waals surface area contributed by atoms with Crippen LogP contribution < -0.4 is 11.1 Å². The minimum Gasteiger partial charge on any atom is -0.383 e. The van der Waals surface area contributed by atoms with Crippen LogP contribution in [0.5, 0.6) is 0 Å². The third-order valence-corrected chi connectivity index (χ3v) is 3.69. The number of nitrogens with zero attached hydrogens (tertiary/aromatic N) is 1. The van der Waals surface area contributed by atoms with Crippen LogP contribution in [0.3, 0.4) is 0 Å². The van der Waals surface area contributed by atoms with E-state index < -0.39 is 0 Å². The number of carbonyl (C=O) groups is 1. The number of anilines is 1. The standard InChI is InChI=1S/C16H21N3O/c1-4-16(2,3)10-18-15(20)13-9-11-7-5-6-8-12(11)14(17)19-13/h5-9H,4,10H2,1-3H3,(H2,17,19)(H,18,20). The molecule has 4 heteroatoms. The average molecular weight is 271 g/mol. The van der Waals surface area contributed by atoms with Crippen LogP contribution >= 0.6 is 0 Å². The molecule has 0 atom stereocenters. The minimum absolute atomic E-state index is 0.0814. The molecule has 3 N–H and O–H groups in total. The van der Waals surface area contributed by atoms with Gasteiger partial charge in [-0.05, 0) is 23.3 Å². The lowest BCUT2D eigenvalue weighted by Gasteiger charge is -2.22. The van der Waals surface area contributed by atoms with Crippen LogP contribution in [0.1, 0.15) is 37.7 Å². The molecule has 0 aliphatic carbocycles. The van der Waals surface area contributed by atoms with Gasteiger partial charge in [-0.15, -0.1) is 0 Å². The third-order valence-electron chi connectivity index (χ3n) is 3.69. The number of nitrogen functional groups attached to an aromatic ring is 1. The molecule has 0 unspecified atom stereocenters. The van der Waals surface area contributed by atoms with E-state index in [0.29, 0.717) is 18.1 Å². The summed E-state index contributed by atoms with van der Waals surface area (Å²) >= 11 is 0. The number of benzene rings is 1. The average Bonchev–Trinajstić information content (AvgIpc) is 2.45. The van der Waals surface area contributed by atoms with Crippen molar-refractivity contribution >= 4 is 22.5 Å². The van der Waals surface area contributed by atoms with E-state index in [1.807, 2.05) is 24.3 Å². The number of fused-ring (bicyclic) bond motifs is 1. The molecule has 1 heterocycles. The van der Waals surface area contributed by atoms with E-state index in [4.69, 9.17) is 5.73 Å². The SMILES string of the molecule is CCC(C)(C)CNC(=O)c1cc2ccccc2c(N)n1. The monoisotopic (exact) mass is 271 g/mol. The molecule has 0 aliphatic rings. The molecule has 1 amide bonds. The molecule has 1 aromatic heterocycles. The highest BCUT2D eigenvalue weighted by molar-refractivity contribution is 5.99. The van der Waals surface area contributed by atoms with Gasteiger partial charge in [0.2, 0.25) is 0 Å². The smallest absolute Gasteiger partial charge is 0.270 e. The first-order valence-electron chi connectivity index (χ1n) is 6.86. The lowest BCUT2D eigenvalue weighted by molar-refractivity contribution is 0.0931. The number of aromatic nitrogens is 1. The number of nitrogens with one attached hydrogen (secondary N) is 1. The van der Waals surface area contributed by atoms with Gasteiger partial charge in [-0.3, -0.25) is 4.79 Å². The van der Waals surface area contributed by atoms with Crippen LogP contribution in [0.2, 0.25) is 0 Å². The highest BCUT2D eigenvalue weighted by Crippen LogP contribution is 2.21. The van der Waals surface area contributed by atoms with Crippen molar-refractivity contribution in [2.75, 3.05) is 12.3 Å². The Kier molecular flexibility index (Phi) is 3.93. The number of amides is 1. The number of rotatable bonds is 4. The van der Waals surface area contributed by atoms with E-state index >= 15 is 0 Å². The van der Waals surface area contributed by atoms with E-state index in [9.17, 15) is 4.79 Å². The summed E-state index contributed by atoms with van der Waals surface area (Å²) in [6.45, 7) is 6.97. The Morgan fingerprint density at radius 2 is 2.05 bits per heavy atom. The lowest BCUT2D eigenvalue weighted by Crippen LogP contribution is -2.34. The molecule has 2 aromatic rings. The summed E-state index contributed by atoms with van der Waals surface area (Å²) in [4.78, 5) is 16.4. The quantitative estimate of drug-likeness (QED) is 0.898. The van der Waals surface area contributed by atoms with Crippen molar-refractivity contribution < 1.29 is 4.79 Å². The van der Waals surface area contributed by atoms with Crippen LogP contribution in [0.15, 0.2) is 30.3 Å². The molecule has 0 saturated heterocycles. The molecule has 0 saturated carbocycles. The van der Waals surface area contributed by atoms with Crippen molar-refractivity contribution in [1.29, 1.82) is 0 Å². The molecule has 106 valence electrons. The Labute approximate surface area is 119 Å². The molecule has 0 fully saturated rings. The predicted octanol–water partition coefficient (Wildman–Crippen LogP) is 2.98. The van der Waals surface area contributed by atoms with E-state index in [2.05, 4.69) is 31.1 Å². The maximum atomic E-state index is 12.2. The van der Waals surface area contributed by atoms with Gasteiger partial charge in [0.25, 0.3) is 5.91 Å². The van der Waals surface area contributed by atoms with Crippen LogP contribution in [0.4, 0.5) is 5.82 Å². The second kappa shape index (κ2) is 5.49. The van der Waals surface area contributed by atoms with Crippen molar-refractivity contribution in [3.05, 3.63) is 36.0 Å². The fraction of sp³-hybridized carbons (Fsp3) is 0.375. The van der Waals surface area contributed by atoms with E-state index in [-0.39, 0.29) is 11.3 Å². The van der Waals surface area contributed by atoms with Crippen LogP contribution in [-0.4, -0.2) is 17.4 Å². The second-order valence-corrected chi connectivity index (χ2v) is 5.81. The Balaban J connectivity index is 2.23. The number of hydrogen-bond donors (Lipinski definition) is 2. The van der Waals surface area contributed by atoms with Gasteiger partial charge in [-0.1, -0.05) is 45.0 Å². The number of carbonyl (C=O) groups excluding carboxylic acids is 1. The Bertz CT molecular complexity index is 635. The topological polar surface area (TPSA) is 68.0 Å². The van der Waals surface area contributed by atoms with Gasteiger partial charge in [0.1, 0.15) is 11.5 Å². The van der Waals surface area contributed by atoms with Crippen molar-refractivity contribution in [3.63, 3.8) is 0 Å². The van der Waals surface area contributed by atoms with Gasteiger partial charge >= 0.3 is 0 Å². The molecule has 0 radical (unpaired) electrons. The first kappa shape index (κ1) is 14.3. The van der Waals surface area contributed by atoms with Gasteiger partial charge in [0, 0.05) is 11.9 Å². The minimum atomic E-state index is -0.177. The molecular formula is C16H21N3O. The first-order chi connectivity index (χ1) is 9.43. The number of nitrogens with two attached hydrogens (primary N) is 1. The van der Waals surface area contributed by atoms with Crippen LogP contribution in [-0.2, 0) is 0 Å². The molecule has 0 aliphatic heterocycles. The van der Waals surface area contributed by atoms with Crippen molar-refractivity contribution in [3.8, 4) is 0 Å². The van der Waals surface area contributed by atoms with Crippen LogP contribution in [0.25, 0.3) is 10.8 Å². The Morgan fingerprint density at radius 3 is 2.75 bits per heavy atom. The van der Waals surface area contributed by atoms with E-state index in [1.54, 1.807) is 6.07 Å². The third kappa shape index (κ3) is 3.07.